The second-order valence-electron chi connectivity index (χ2n) is 5.76. The van der Waals surface area contributed by atoms with Crippen LogP contribution in [0.5, 0.6) is 0 Å². The maximum absolute atomic E-state index is 12.7. The van der Waals surface area contributed by atoms with Crippen LogP contribution in [0, 0.1) is 0 Å². The maximum atomic E-state index is 12.7. The van der Waals surface area contributed by atoms with Gasteiger partial charge in [-0.15, -0.1) is 0 Å². The molecule has 2 unspecified atom stereocenters. The molecule has 0 aromatic heterocycles. The number of ether oxygens (including phenoxy) is 1. The van der Waals surface area contributed by atoms with Crippen LogP contribution in [0.3, 0.4) is 0 Å². The summed E-state index contributed by atoms with van der Waals surface area (Å²) in [4.78, 5) is 12.7. The molecular formula is C19H22N2O2. The topological polar surface area (TPSA) is 50.4 Å². The first kappa shape index (κ1) is 15.7. The predicted octanol–water partition coefficient (Wildman–Crippen LogP) is 2.27. The molecule has 4 heteroatoms. The summed E-state index contributed by atoms with van der Waals surface area (Å²) in [5, 5.41) is 6.40. The Hall–Kier alpha value is -2.17. The van der Waals surface area contributed by atoms with Gasteiger partial charge < -0.3 is 15.4 Å². The first-order valence-corrected chi connectivity index (χ1v) is 7.96. The Morgan fingerprint density at radius 1 is 1.09 bits per heavy atom. The molecule has 1 aliphatic heterocycles. The number of hydrogen-bond acceptors (Lipinski definition) is 3. The van der Waals surface area contributed by atoms with E-state index in [1.54, 1.807) is 7.11 Å². The molecule has 120 valence electrons. The lowest BCUT2D eigenvalue weighted by atomic mass is 9.98. The molecule has 1 aliphatic rings. The van der Waals surface area contributed by atoms with Crippen LogP contribution >= 0.6 is 0 Å². The Morgan fingerprint density at radius 3 is 2.17 bits per heavy atom. The molecule has 0 saturated carbocycles. The third-order valence-corrected chi connectivity index (χ3v) is 4.30. The van der Waals surface area contributed by atoms with Gasteiger partial charge in [0.2, 0.25) is 5.91 Å². The number of nitrogens with one attached hydrogen (secondary N) is 2. The molecule has 3 rings (SSSR count). The minimum Gasteiger partial charge on any atom is -0.379 e. The van der Waals surface area contributed by atoms with E-state index in [9.17, 15) is 4.79 Å². The van der Waals surface area contributed by atoms with E-state index in [1.165, 1.54) is 0 Å². The fourth-order valence-electron chi connectivity index (χ4n) is 3.08. The summed E-state index contributed by atoms with van der Waals surface area (Å²) in [5.74, 6) is -0.0212. The molecule has 0 bridgehead atoms. The van der Waals surface area contributed by atoms with Crippen LogP contribution in [0.2, 0.25) is 0 Å². The van der Waals surface area contributed by atoms with Crippen molar-refractivity contribution in [3.63, 3.8) is 0 Å². The predicted molar refractivity (Wildman–Crippen MR) is 90.1 cm³/mol. The molecule has 1 saturated heterocycles. The fraction of sp³-hybridized carbons (Fsp3) is 0.316. The average Bonchev–Trinajstić information content (AvgIpc) is 3.10. The van der Waals surface area contributed by atoms with Crippen molar-refractivity contribution in [2.24, 2.45) is 0 Å². The van der Waals surface area contributed by atoms with Crippen molar-refractivity contribution in [3.8, 4) is 0 Å². The third-order valence-electron chi connectivity index (χ3n) is 4.30. The average molecular weight is 310 g/mol. The molecule has 1 heterocycles. The smallest absolute Gasteiger partial charge is 0.240 e. The zero-order valence-corrected chi connectivity index (χ0v) is 13.2. The van der Waals surface area contributed by atoms with E-state index >= 15 is 0 Å². The van der Waals surface area contributed by atoms with Crippen molar-refractivity contribution >= 4 is 5.91 Å². The van der Waals surface area contributed by atoms with Gasteiger partial charge in [-0.05, 0) is 24.1 Å². The van der Waals surface area contributed by atoms with Crippen LogP contribution in [0.1, 0.15) is 23.6 Å². The standard InChI is InChI=1S/C19H22N2O2/c1-23-16-12-13-20-18(16)19(22)21-17(14-8-4-2-5-9-14)15-10-6-3-7-11-15/h2-11,16-18,20H,12-13H2,1H3,(H,21,22). The summed E-state index contributed by atoms with van der Waals surface area (Å²) in [6.45, 7) is 0.804. The number of amides is 1. The Kier molecular flexibility index (Phi) is 5.05. The SMILES string of the molecule is COC1CCNC1C(=O)NC(c1ccccc1)c1ccccc1. The van der Waals surface area contributed by atoms with E-state index in [1.807, 2.05) is 60.7 Å². The summed E-state index contributed by atoms with van der Waals surface area (Å²) >= 11 is 0. The van der Waals surface area contributed by atoms with Gasteiger partial charge in [0, 0.05) is 7.11 Å². The van der Waals surface area contributed by atoms with Gasteiger partial charge in [-0.25, -0.2) is 0 Å². The molecule has 1 fully saturated rings. The monoisotopic (exact) mass is 310 g/mol. The molecule has 0 aliphatic carbocycles. The van der Waals surface area contributed by atoms with Crippen molar-refractivity contribution in [1.82, 2.24) is 10.6 Å². The molecule has 1 amide bonds. The second kappa shape index (κ2) is 7.40. The Bertz CT molecular complexity index is 591. The van der Waals surface area contributed by atoms with Crippen molar-refractivity contribution in [2.45, 2.75) is 24.6 Å². The number of benzene rings is 2. The summed E-state index contributed by atoms with van der Waals surface area (Å²) < 4.78 is 5.41. The van der Waals surface area contributed by atoms with Crippen molar-refractivity contribution in [3.05, 3.63) is 71.8 Å². The van der Waals surface area contributed by atoms with Crippen molar-refractivity contribution < 1.29 is 9.53 Å². The summed E-state index contributed by atoms with van der Waals surface area (Å²) in [6.07, 6.45) is 0.790. The molecule has 2 aromatic rings. The van der Waals surface area contributed by atoms with E-state index in [2.05, 4.69) is 10.6 Å². The van der Waals surface area contributed by atoms with E-state index in [0.29, 0.717) is 0 Å². The summed E-state index contributed by atoms with van der Waals surface area (Å²) in [6, 6.07) is 19.6. The van der Waals surface area contributed by atoms with Gasteiger partial charge in [-0.3, -0.25) is 4.79 Å². The largest absolute Gasteiger partial charge is 0.379 e. The molecule has 0 spiro atoms. The first-order chi connectivity index (χ1) is 11.3. The van der Waals surface area contributed by atoms with Gasteiger partial charge in [0.15, 0.2) is 0 Å². The zero-order chi connectivity index (χ0) is 16.1. The first-order valence-electron chi connectivity index (χ1n) is 7.96. The van der Waals surface area contributed by atoms with Crippen LogP contribution in [0.4, 0.5) is 0 Å². The highest BCUT2D eigenvalue weighted by atomic mass is 16.5. The lowest BCUT2D eigenvalue weighted by Gasteiger charge is -2.24. The van der Waals surface area contributed by atoms with Crippen LogP contribution in [-0.4, -0.2) is 31.7 Å². The summed E-state index contributed by atoms with van der Waals surface area (Å²) in [7, 11) is 1.66. The van der Waals surface area contributed by atoms with Crippen LogP contribution in [0.25, 0.3) is 0 Å². The highest BCUT2D eigenvalue weighted by Crippen LogP contribution is 2.22. The zero-order valence-electron chi connectivity index (χ0n) is 13.2. The minimum absolute atomic E-state index is 0.0212. The normalized spacial score (nSPS) is 20.6. The fourth-order valence-corrected chi connectivity index (χ4v) is 3.08. The Labute approximate surface area is 136 Å². The second-order valence-corrected chi connectivity index (χ2v) is 5.76. The lowest BCUT2D eigenvalue weighted by molar-refractivity contribution is -0.125. The molecule has 0 radical (unpaired) electrons. The highest BCUT2D eigenvalue weighted by Gasteiger charge is 2.34. The molecular weight excluding hydrogens is 288 g/mol. The van der Waals surface area contributed by atoms with Gasteiger partial charge in [0.1, 0.15) is 6.04 Å². The number of methoxy groups -OCH3 is 1. The number of hydrogen-bond donors (Lipinski definition) is 2. The maximum Gasteiger partial charge on any atom is 0.240 e. The van der Waals surface area contributed by atoms with Crippen molar-refractivity contribution in [2.75, 3.05) is 13.7 Å². The minimum atomic E-state index is -0.296. The van der Waals surface area contributed by atoms with E-state index in [-0.39, 0.29) is 24.1 Å². The van der Waals surface area contributed by atoms with Gasteiger partial charge in [0.25, 0.3) is 0 Å². The van der Waals surface area contributed by atoms with Crippen LogP contribution in [0.15, 0.2) is 60.7 Å². The highest BCUT2D eigenvalue weighted by molar-refractivity contribution is 5.83. The van der Waals surface area contributed by atoms with E-state index in [4.69, 9.17) is 4.74 Å². The van der Waals surface area contributed by atoms with Gasteiger partial charge in [-0.2, -0.15) is 0 Å². The summed E-state index contributed by atoms with van der Waals surface area (Å²) in [5.41, 5.74) is 2.14. The third kappa shape index (κ3) is 3.60. The number of carbonyl (C=O) groups excluding carboxylic acids is 1. The molecule has 23 heavy (non-hydrogen) atoms. The Balaban J connectivity index is 1.83. The van der Waals surface area contributed by atoms with Gasteiger partial charge in [-0.1, -0.05) is 60.7 Å². The number of rotatable bonds is 5. The molecule has 4 nitrogen and oxygen atoms in total. The van der Waals surface area contributed by atoms with E-state index < -0.39 is 0 Å². The van der Waals surface area contributed by atoms with E-state index in [0.717, 1.165) is 24.1 Å². The lowest BCUT2D eigenvalue weighted by Crippen LogP contribution is -2.47. The quantitative estimate of drug-likeness (QED) is 0.891. The van der Waals surface area contributed by atoms with Crippen LogP contribution < -0.4 is 10.6 Å². The Morgan fingerprint density at radius 2 is 1.65 bits per heavy atom. The van der Waals surface area contributed by atoms with Crippen LogP contribution in [-0.2, 0) is 9.53 Å². The molecule has 2 atom stereocenters. The van der Waals surface area contributed by atoms with Gasteiger partial charge >= 0.3 is 0 Å². The van der Waals surface area contributed by atoms with Crippen molar-refractivity contribution in [1.29, 1.82) is 0 Å². The molecule has 2 aromatic carbocycles. The number of carbonyl (C=O) groups is 1. The van der Waals surface area contributed by atoms with Gasteiger partial charge in [0.05, 0.1) is 12.1 Å². The molecule has 2 N–H and O–H groups in total.